The zero-order chi connectivity index (χ0) is 10.8. The van der Waals surface area contributed by atoms with Crippen LogP contribution >= 0.6 is 0 Å². The second-order valence-electron chi connectivity index (χ2n) is 4.80. The molecule has 0 N–H and O–H groups in total. The van der Waals surface area contributed by atoms with E-state index in [0.717, 1.165) is 26.2 Å². The van der Waals surface area contributed by atoms with Crippen LogP contribution in [0.25, 0.3) is 0 Å². The maximum absolute atomic E-state index is 5.85. The molecule has 1 rings (SSSR count). The highest BCUT2D eigenvalue weighted by molar-refractivity contribution is 4.90. The maximum atomic E-state index is 5.85. The first-order chi connectivity index (χ1) is 6.48. The fourth-order valence-corrected chi connectivity index (χ4v) is 1.71. The molecule has 3 nitrogen and oxygen atoms in total. The van der Waals surface area contributed by atoms with E-state index in [1.54, 1.807) is 0 Å². The van der Waals surface area contributed by atoms with Crippen LogP contribution in [0.4, 0.5) is 0 Å². The Balaban J connectivity index is 2.59. The fourth-order valence-electron chi connectivity index (χ4n) is 1.71. The van der Waals surface area contributed by atoms with Gasteiger partial charge in [0.25, 0.3) is 0 Å². The standard InChI is InChI=1S/C11H24N2O/c1-6-13-7-8-14-10(9-13)11(2,3)12(4)5/h10H,6-9H2,1-5H3/t10-/m0/s1. The molecular formula is C11H24N2O. The Morgan fingerprint density at radius 1 is 1.43 bits per heavy atom. The van der Waals surface area contributed by atoms with Crippen LogP contribution in [0.15, 0.2) is 0 Å². The summed E-state index contributed by atoms with van der Waals surface area (Å²) in [4.78, 5) is 4.70. The van der Waals surface area contributed by atoms with Gasteiger partial charge in [0.1, 0.15) is 0 Å². The van der Waals surface area contributed by atoms with Gasteiger partial charge in [-0.15, -0.1) is 0 Å². The molecule has 0 unspecified atom stereocenters. The highest BCUT2D eigenvalue weighted by atomic mass is 16.5. The molecule has 1 atom stereocenters. The summed E-state index contributed by atoms with van der Waals surface area (Å²) in [7, 11) is 4.24. The number of rotatable bonds is 3. The third kappa shape index (κ3) is 2.47. The number of likely N-dealkylation sites (N-methyl/N-ethyl adjacent to an activating group) is 2. The normalized spacial score (nSPS) is 25.7. The van der Waals surface area contributed by atoms with E-state index in [2.05, 4.69) is 44.7 Å². The van der Waals surface area contributed by atoms with E-state index in [9.17, 15) is 0 Å². The van der Waals surface area contributed by atoms with Crippen LogP contribution in [0.1, 0.15) is 20.8 Å². The van der Waals surface area contributed by atoms with Crippen molar-refractivity contribution in [2.24, 2.45) is 0 Å². The third-order valence-electron chi connectivity index (χ3n) is 3.54. The number of hydrogen-bond donors (Lipinski definition) is 0. The van der Waals surface area contributed by atoms with Crippen LogP contribution in [0.5, 0.6) is 0 Å². The molecule has 1 fully saturated rings. The first-order valence-corrected chi connectivity index (χ1v) is 5.50. The molecule has 0 aromatic rings. The smallest absolute Gasteiger partial charge is 0.0880 e. The van der Waals surface area contributed by atoms with E-state index in [4.69, 9.17) is 4.74 Å². The van der Waals surface area contributed by atoms with Gasteiger partial charge in [0.05, 0.1) is 12.7 Å². The maximum Gasteiger partial charge on any atom is 0.0880 e. The van der Waals surface area contributed by atoms with Gasteiger partial charge in [-0.05, 0) is 34.5 Å². The van der Waals surface area contributed by atoms with Gasteiger partial charge in [0.2, 0.25) is 0 Å². The summed E-state index contributed by atoms with van der Waals surface area (Å²) < 4.78 is 5.85. The van der Waals surface area contributed by atoms with Gasteiger partial charge in [0.15, 0.2) is 0 Å². The molecule has 84 valence electrons. The lowest BCUT2D eigenvalue weighted by atomic mass is 9.94. The average Bonchev–Trinajstić information content (AvgIpc) is 2.17. The van der Waals surface area contributed by atoms with E-state index in [-0.39, 0.29) is 5.54 Å². The fraction of sp³-hybridized carbons (Fsp3) is 1.00. The molecular weight excluding hydrogens is 176 g/mol. The summed E-state index contributed by atoms with van der Waals surface area (Å²) in [6.07, 6.45) is 0.325. The topological polar surface area (TPSA) is 15.7 Å². The average molecular weight is 200 g/mol. The van der Waals surface area contributed by atoms with Crippen LogP contribution in [-0.2, 0) is 4.74 Å². The molecule has 1 heterocycles. The third-order valence-corrected chi connectivity index (χ3v) is 3.54. The lowest BCUT2D eigenvalue weighted by Crippen LogP contribution is -2.57. The Labute approximate surface area is 88.0 Å². The van der Waals surface area contributed by atoms with Crippen LogP contribution in [0.2, 0.25) is 0 Å². The van der Waals surface area contributed by atoms with Crippen molar-refractivity contribution in [3.8, 4) is 0 Å². The Morgan fingerprint density at radius 2 is 2.07 bits per heavy atom. The molecule has 0 saturated carbocycles. The molecule has 1 aliphatic heterocycles. The summed E-state index contributed by atoms with van der Waals surface area (Å²) >= 11 is 0. The van der Waals surface area contributed by atoms with Gasteiger partial charge in [0, 0.05) is 18.6 Å². The van der Waals surface area contributed by atoms with Crippen LogP contribution in [-0.4, -0.2) is 61.8 Å². The lowest BCUT2D eigenvalue weighted by molar-refractivity contribution is -0.0918. The summed E-state index contributed by atoms with van der Waals surface area (Å²) in [5, 5.41) is 0. The molecule has 0 aromatic heterocycles. The van der Waals surface area contributed by atoms with Crippen molar-refractivity contribution >= 4 is 0 Å². The molecule has 3 heteroatoms. The van der Waals surface area contributed by atoms with E-state index >= 15 is 0 Å². The minimum atomic E-state index is 0.119. The second-order valence-corrected chi connectivity index (χ2v) is 4.80. The van der Waals surface area contributed by atoms with Crippen molar-refractivity contribution in [3.05, 3.63) is 0 Å². The summed E-state index contributed by atoms with van der Waals surface area (Å²) in [6, 6.07) is 0. The Hall–Kier alpha value is -0.120. The van der Waals surface area contributed by atoms with E-state index in [1.807, 2.05) is 0 Å². The van der Waals surface area contributed by atoms with Gasteiger partial charge in [-0.1, -0.05) is 6.92 Å². The van der Waals surface area contributed by atoms with Crippen LogP contribution < -0.4 is 0 Å². The van der Waals surface area contributed by atoms with E-state index < -0.39 is 0 Å². The quantitative estimate of drug-likeness (QED) is 0.677. The van der Waals surface area contributed by atoms with Crippen molar-refractivity contribution in [3.63, 3.8) is 0 Å². The van der Waals surface area contributed by atoms with E-state index in [1.165, 1.54) is 0 Å². The first-order valence-electron chi connectivity index (χ1n) is 5.50. The predicted molar refractivity (Wildman–Crippen MR) is 59.6 cm³/mol. The van der Waals surface area contributed by atoms with Crippen molar-refractivity contribution in [1.29, 1.82) is 0 Å². The number of hydrogen-bond acceptors (Lipinski definition) is 3. The van der Waals surface area contributed by atoms with E-state index in [0.29, 0.717) is 6.10 Å². The van der Waals surface area contributed by atoms with Gasteiger partial charge in [-0.2, -0.15) is 0 Å². The minimum Gasteiger partial charge on any atom is -0.374 e. The highest BCUT2D eigenvalue weighted by Gasteiger charge is 2.35. The largest absolute Gasteiger partial charge is 0.374 e. The Morgan fingerprint density at radius 3 is 2.57 bits per heavy atom. The summed E-state index contributed by atoms with van der Waals surface area (Å²) in [5.74, 6) is 0. The first kappa shape index (κ1) is 12.0. The van der Waals surface area contributed by atoms with Gasteiger partial charge >= 0.3 is 0 Å². The van der Waals surface area contributed by atoms with Crippen LogP contribution in [0, 0.1) is 0 Å². The molecule has 14 heavy (non-hydrogen) atoms. The minimum absolute atomic E-state index is 0.119. The molecule has 0 aliphatic carbocycles. The van der Waals surface area contributed by atoms with Crippen molar-refractivity contribution in [1.82, 2.24) is 9.80 Å². The number of ether oxygens (including phenoxy) is 1. The highest BCUT2D eigenvalue weighted by Crippen LogP contribution is 2.22. The van der Waals surface area contributed by atoms with Crippen LogP contribution in [0.3, 0.4) is 0 Å². The molecule has 0 aromatic carbocycles. The molecule has 0 spiro atoms. The Kier molecular flexibility index (Phi) is 3.93. The summed E-state index contributed by atoms with van der Waals surface area (Å²) in [5.41, 5.74) is 0.119. The number of nitrogens with zero attached hydrogens (tertiary/aromatic N) is 2. The van der Waals surface area contributed by atoms with Gasteiger partial charge in [-0.3, -0.25) is 4.90 Å². The molecule has 0 amide bonds. The SMILES string of the molecule is CCN1CCO[C@H](C(C)(C)N(C)C)C1. The zero-order valence-electron chi connectivity index (χ0n) is 10.2. The Bertz CT molecular complexity index is 180. The van der Waals surface area contributed by atoms with Gasteiger partial charge in [-0.25, -0.2) is 0 Å². The molecule has 0 bridgehead atoms. The molecule has 0 radical (unpaired) electrons. The molecule has 1 aliphatic rings. The number of morpholine rings is 1. The van der Waals surface area contributed by atoms with Crippen molar-refractivity contribution in [2.75, 3.05) is 40.3 Å². The zero-order valence-corrected chi connectivity index (χ0v) is 10.2. The van der Waals surface area contributed by atoms with Gasteiger partial charge < -0.3 is 9.64 Å². The molecule has 1 saturated heterocycles. The monoisotopic (exact) mass is 200 g/mol. The predicted octanol–water partition coefficient (Wildman–Crippen LogP) is 1.05. The van der Waals surface area contributed by atoms with Crippen molar-refractivity contribution in [2.45, 2.75) is 32.4 Å². The second kappa shape index (κ2) is 4.60. The summed E-state index contributed by atoms with van der Waals surface area (Å²) in [6.45, 7) is 10.8. The lowest BCUT2D eigenvalue weighted by Gasteiger charge is -2.44. The van der Waals surface area contributed by atoms with Crippen molar-refractivity contribution < 1.29 is 4.74 Å².